The fourth-order valence-electron chi connectivity index (χ4n) is 1.07. The predicted molar refractivity (Wildman–Crippen MR) is 52.5 cm³/mol. The van der Waals surface area contributed by atoms with Gasteiger partial charge in [-0.1, -0.05) is 0 Å². The third-order valence-electron chi connectivity index (χ3n) is 2.12. The number of amides is 1. The van der Waals surface area contributed by atoms with E-state index in [4.69, 9.17) is 5.11 Å². The SMILES string of the molecule is CCN(C)C(=O)Cn1nccc1C(=O)O. The van der Waals surface area contributed by atoms with Crippen LogP contribution in [0.2, 0.25) is 0 Å². The van der Waals surface area contributed by atoms with Crippen LogP contribution in [0, 0.1) is 0 Å². The average Bonchev–Trinajstić information content (AvgIpc) is 2.64. The number of aromatic nitrogens is 2. The second kappa shape index (κ2) is 4.59. The molecule has 0 unspecified atom stereocenters. The maximum absolute atomic E-state index is 11.5. The van der Waals surface area contributed by atoms with Crippen molar-refractivity contribution in [2.45, 2.75) is 13.5 Å². The molecule has 1 N–H and O–H groups in total. The molecule has 0 aliphatic heterocycles. The summed E-state index contributed by atoms with van der Waals surface area (Å²) in [6.07, 6.45) is 1.36. The minimum absolute atomic E-state index is 0.0212. The first-order valence-corrected chi connectivity index (χ1v) is 4.55. The van der Waals surface area contributed by atoms with Gasteiger partial charge in [0, 0.05) is 19.8 Å². The third kappa shape index (κ3) is 2.55. The van der Waals surface area contributed by atoms with E-state index in [9.17, 15) is 9.59 Å². The number of aromatic carboxylic acids is 1. The van der Waals surface area contributed by atoms with Gasteiger partial charge < -0.3 is 10.0 Å². The van der Waals surface area contributed by atoms with Gasteiger partial charge in [0.1, 0.15) is 12.2 Å². The molecule has 0 bridgehead atoms. The van der Waals surface area contributed by atoms with Gasteiger partial charge in [0.15, 0.2) is 0 Å². The third-order valence-corrected chi connectivity index (χ3v) is 2.12. The lowest BCUT2D eigenvalue weighted by molar-refractivity contribution is -0.130. The summed E-state index contributed by atoms with van der Waals surface area (Å²) in [7, 11) is 1.66. The van der Waals surface area contributed by atoms with Crippen LogP contribution in [0.25, 0.3) is 0 Å². The van der Waals surface area contributed by atoms with Gasteiger partial charge in [-0.05, 0) is 13.0 Å². The highest BCUT2D eigenvalue weighted by molar-refractivity contribution is 5.86. The van der Waals surface area contributed by atoms with Gasteiger partial charge >= 0.3 is 5.97 Å². The number of likely N-dealkylation sites (N-methyl/N-ethyl adjacent to an activating group) is 1. The molecule has 1 aromatic heterocycles. The number of hydrogen-bond acceptors (Lipinski definition) is 3. The quantitative estimate of drug-likeness (QED) is 0.764. The van der Waals surface area contributed by atoms with Gasteiger partial charge in [0.25, 0.3) is 0 Å². The number of carboxylic acid groups (broad SMARTS) is 1. The van der Waals surface area contributed by atoms with Crippen LogP contribution in [0.1, 0.15) is 17.4 Å². The Balaban J connectivity index is 2.76. The van der Waals surface area contributed by atoms with Crippen molar-refractivity contribution in [3.8, 4) is 0 Å². The fourth-order valence-corrected chi connectivity index (χ4v) is 1.07. The topological polar surface area (TPSA) is 75.4 Å². The average molecular weight is 211 g/mol. The lowest BCUT2D eigenvalue weighted by Gasteiger charge is -2.14. The standard InChI is InChI=1S/C9H13N3O3/c1-3-11(2)8(13)6-12-7(9(14)15)4-5-10-12/h4-5H,3,6H2,1-2H3,(H,14,15). The van der Waals surface area contributed by atoms with Gasteiger partial charge in [0.05, 0.1) is 0 Å². The minimum atomic E-state index is -1.08. The van der Waals surface area contributed by atoms with E-state index in [0.29, 0.717) is 6.54 Å². The molecule has 1 aromatic rings. The fraction of sp³-hybridized carbons (Fsp3) is 0.444. The smallest absolute Gasteiger partial charge is 0.354 e. The summed E-state index contributed by atoms with van der Waals surface area (Å²) in [6.45, 7) is 2.39. The zero-order chi connectivity index (χ0) is 11.4. The Hall–Kier alpha value is -1.85. The van der Waals surface area contributed by atoms with Crippen LogP contribution in [0.3, 0.4) is 0 Å². The van der Waals surface area contributed by atoms with Crippen molar-refractivity contribution in [2.24, 2.45) is 0 Å². The molecule has 0 saturated heterocycles. The molecule has 0 atom stereocenters. The molecule has 6 nitrogen and oxygen atoms in total. The molecule has 0 saturated carbocycles. The molecule has 1 heterocycles. The molecule has 1 rings (SSSR count). The van der Waals surface area contributed by atoms with Crippen LogP contribution in [0.5, 0.6) is 0 Å². The number of rotatable bonds is 4. The van der Waals surface area contributed by atoms with E-state index in [1.54, 1.807) is 7.05 Å². The second-order valence-electron chi connectivity index (χ2n) is 3.09. The molecule has 0 aliphatic carbocycles. The Bertz CT molecular complexity index is 372. The highest BCUT2D eigenvalue weighted by atomic mass is 16.4. The number of carbonyl (C=O) groups is 2. The van der Waals surface area contributed by atoms with Gasteiger partial charge in [0.2, 0.25) is 5.91 Å². The van der Waals surface area contributed by atoms with Crippen molar-refractivity contribution >= 4 is 11.9 Å². The zero-order valence-corrected chi connectivity index (χ0v) is 8.67. The van der Waals surface area contributed by atoms with E-state index in [-0.39, 0.29) is 18.1 Å². The first kappa shape index (κ1) is 11.2. The number of nitrogens with zero attached hydrogens (tertiary/aromatic N) is 3. The molecule has 82 valence electrons. The largest absolute Gasteiger partial charge is 0.477 e. The summed E-state index contributed by atoms with van der Waals surface area (Å²) in [6, 6.07) is 1.36. The number of hydrogen-bond donors (Lipinski definition) is 1. The van der Waals surface area contributed by atoms with E-state index in [0.717, 1.165) is 0 Å². The van der Waals surface area contributed by atoms with Crippen molar-refractivity contribution in [1.29, 1.82) is 0 Å². The minimum Gasteiger partial charge on any atom is -0.477 e. The Morgan fingerprint density at radius 3 is 2.80 bits per heavy atom. The molecule has 6 heteroatoms. The Morgan fingerprint density at radius 2 is 2.27 bits per heavy atom. The molecule has 0 aliphatic rings. The molecular weight excluding hydrogens is 198 g/mol. The Labute approximate surface area is 87.1 Å². The zero-order valence-electron chi connectivity index (χ0n) is 8.67. The van der Waals surface area contributed by atoms with E-state index in [2.05, 4.69) is 5.10 Å². The summed E-state index contributed by atoms with van der Waals surface area (Å²) in [5, 5.41) is 12.6. The first-order valence-electron chi connectivity index (χ1n) is 4.55. The van der Waals surface area contributed by atoms with Gasteiger partial charge in [-0.25, -0.2) is 9.48 Å². The van der Waals surface area contributed by atoms with Crippen LogP contribution in [-0.2, 0) is 11.3 Å². The number of carboxylic acids is 1. The van der Waals surface area contributed by atoms with Gasteiger partial charge in [-0.15, -0.1) is 0 Å². The normalized spacial score (nSPS) is 10.0. The molecule has 1 amide bonds. The maximum Gasteiger partial charge on any atom is 0.354 e. The summed E-state index contributed by atoms with van der Waals surface area (Å²) < 4.78 is 1.18. The van der Waals surface area contributed by atoms with Crippen LogP contribution in [0.4, 0.5) is 0 Å². The van der Waals surface area contributed by atoms with E-state index < -0.39 is 5.97 Å². The van der Waals surface area contributed by atoms with Crippen LogP contribution in [-0.4, -0.2) is 45.3 Å². The summed E-state index contributed by atoms with van der Waals surface area (Å²) >= 11 is 0. The monoisotopic (exact) mass is 211 g/mol. The van der Waals surface area contributed by atoms with E-state index >= 15 is 0 Å². The van der Waals surface area contributed by atoms with E-state index in [1.807, 2.05) is 6.92 Å². The van der Waals surface area contributed by atoms with Crippen molar-refractivity contribution < 1.29 is 14.7 Å². The molecule has 0 radical (unpaired) electrons. The van der Waals surface area contributed by atoms with Crippen LogP contribution < -0.4 is 0 Å². The summed E-state index contributed by atoms with van der Waals surface area (Å²) in [4.78, 5) is 23.7. The molecule has 0 aromatic carbocycles. The van der Waals surface area contributed by atoms with Gasteiger partial charge in [-0.2, -0.15) is 5.10 Å². The van der Waals surface area contributed by atoms with Crippen molar-refractivity contribution in [1.82, 2.24) is 14.7 Å². The summed E-state index contributed by atoms with van der Waals surface area (Å²) in [5.41, 5.74) is 0.0212. The van der Waals surface area contributed by atoms with Crippen molar-refractivity contribution in [3.05, 3.63) is 18.0 Å². The summed E-state index contributed by atoms with van der Waals surface area (Å²) in [5.74, 6) is -1.25. The highest BCUT2D eigenvalue weighted by Gasteiger charge is 2.14. The molecule has 0 spiro atoms. The van der Waals surface area contributed by atoms with Crippen LogP contribution >= 0.6 is 0 Å². The van der Waals surface area contributed by atoms with E-state index in [1.165, 1.54) is 21.8 Å². The second-order valence-corrected chi connectivity index (χ2v) is 3.09. The predicted octanol–water partition coefficient (Wildman–Crippen LogP) is 0.0596. The number of carbonyl (C=O) groups excluding carboxylic acids is 1. The maximum atomic E-state index is 11.5. The van der Waals surface area contributed by atoms with Crippen molar-refractivity contribution in [2.75, 3.05) is 13.6 Å². The van der Waals surface area contributed by atoms with Gasteiger partial charge in [-0.3, -0.25) is 4.79 Å². The Morgan fingerprint density at radius 1 is 1.60 bits per heavy atom. The Kier molecular flexibility index (Phi) is 3.43. The van der Waals surface area contributed by atoms with Crippen LogP contribution in [0.15, 0.2) is 12.3 Å². The highest BCUT2D eigenvalue weighted by Crippen LogP contribution is 1.99. The lowest BCUT2D eigenvalue weighted by Crippen LogP contribution is -2.31. The molecular formula is C9H13N3O3. The van der Waals surface area contributed by atoms with Crippen molar-refractivity contribution in [3.63, 3.8) is 0 Å². The molecule has 15 heavy (non-hydrogen) atoms. The lowest BCUT2D eigenvalue weighted by atomic mass is 10.4. The molecule has 0 fully saturated rings. The first-order chi connectivity index (χ1) is 7.06.